The summed E-state index contributed by atoms with van der Waals surface area (Å²) in [5.41, 5.74) is 0.474. The van der Waals surface area contributed by atoms with E-state index in [0.29, 0.717) is 5.56 Å². The monoisotopic (exact) mass is 291 g/mol. The van der Waals surface area contributed by atoms with Crippen LogP contribution in [0.3, 0.4) is 0 Å². The Bertz CT molecular complexity index is 561. The second-order valence-electron chi connectivity index (χ2n) is 5.03. The molecule has 0 spiro atoms. The van der Waals surface area contributed by atoms with Crippen LogP contribution in [0.5, 0.6) is 5.75 Å². The van der Waals surface area contributed by atoms with Crippen LogP contribution in [0.4, 0.5) is 5.69 Å². The second kappa shape index (κ2) is 6.88. The Hall–Kier alpha value is -2.37. The zero-order chi connectivity index (χ0) is 15.2. The molecule has 1 saturated carbocycles. The summed E-state index contributed by atoms with van der Waals surface area (Å²) >= 11 is 0. The lowest BCUT2D eigenvalue weighted by molar-refractivity contribution is -0.386. The average molecular weight is 291 g/mol. The zero-order valence-corrected chi connectivity index (χ0v) is 11.5. The number of ether oxygens (including phenoxy) is 1. The molecule has 1 N–H and O–H groups in total. The number of nitro groups is 1. The van der Waals surface area contributed by atoms with Gasteiger partial charge in [-0.05, 0) is 49.5 Å². The Morgan fingerprint density at radius 2 is 2.05 bits per heavy atom. The van der Waals surface area contributed by atoms with Crippen molar-refractivity contribution in [2.45, 2.75) is 38.2 Å². The van der Waals surface area contributed by atoms with Crippen molar-refractivity contribution in [2.75, 3.05) is 0 Å². The van der Waals surface area contributed by atoms with Crippen LogP contribution in [0.25, 0.3) is 6.08 Å². The number of nitro benzene ring substituents is 1. The van der Waals surface area contributed by atoms with E-state index in [2.05, 4.69) is 0 Å². The molecule has 0 heterocycles. The first-order chi connectivity index (χ1) is 10.1. The van der Waals surface area contributed by atoms with Crippen molar-refractivity contribution in [1.82, 2.24) is 0 Å². The molecule has 112 valence electrons. The molecule has 0 aliphatic heterocycles. The third-order valence-corrected chi connectivity index (χ3v) is 3.44. The fraction of sp³-hybridized carbons (Fsp3) is 0.400. The highest BCUT2D eigenvalue weighted by molar-refractivity contribution is 5.85. The van der Waals surface area contributed by atoms with E-state index < -0.39 is 10.9 Å². The fourth-order valence-electron chi connectivity index (χ4n) is 2.41. The molecule has 21 heavy (non-hydrogen) atoms. The van der Waals surface area contributed by atoms with Crippen LogP contribution in [-0.4, -0.2) is 22.1 Å². The molecule has 0 amide bonds. The average Bonchev–Trinajstić information content (AvgIpc) is 2.46. The molecule has 2 rings (SSSR count). The van der Waals surface area contributed by atoms with Crippen molar-refractivity contribution in [3.05, 3.63) is 40.0 Å². The SMILES string of the molecule is O=C(O)C=Cc1ccc([N+](=O)[O-])c(OC2CCCCC2)c1. The Labute approximate surface area is 122 Å². The van der Waals surface area contributed by atoms with Crippen LogP contribution >= 0.6 is 0 Å². The first-order valence-electron chi connectivity index (χ1n) is 6.92. The molecule has 1 fully saturated rings. The molecule has 0 atom stereocenters. The highest BCUT2D eigenvalue weighted by atomic mass is 16.6. The van der Waals surface area contributed by atoms with Crippen LogP contribution < -0.4 is 4.74 Å². The molecule has 0 bridgehead atoms. The van der Waals surface area contributed by atoms with Crippen LogP contribution in [0.2, 0.25) is 0 Å². The number of benzene rings is 1. The van der Waals surface area contributed by atoms with E-state index in [-0.39, 0.29) is 17.5 Å². The van der Waals surface area contributed by atoms with Crippen molar-refractivity contribution in [2.24, 2.45) is 0 Å². The largest absolute Gasteiger partial charge is 0.483 e. The summed E-state index contributed by atoms with van der Waals surface area (Å²) in [4.78, 5) is 21.1. The molecule has 0 unspecified atom stereocenters. The van der Waals surface area contributed by atoms with E-state index in [9.17, 15) is 14.9 Å². The number of carboxylic acid groups (broad SMARTS) is 1. The third kappa shape index (κ3) is 4.30. The normalized spacial score (nSPS) is 16.0. The van der Waals surface area contributed by atoms with Gasteiger partial charge in [0, 0.05) is 12.1 Å². The van der Waals surface area contributed by atoms with Gasteiger partial charge < -0.3 is 9.84 Å². The van der Waals surface area contributed by atoms with Crippen molar-refractivity contribution >= 4 is 17.7 Å². The molecule has 1 aliphatic rings. The van der Waals surface area contributed by atoms with Crippen LogP contribution in [0, 0.1) is 10.1 Å². The Kier molecular flexibility index (Phi) is 4.92. The number of aliphatic carboxylic acids is 1. The summed E-state index contributed by atoms with van der Waals surface area (Å²) in [6, 6.07) is 4.37. The lowest BCUT2D eigenvalue weighted by Gasteiger charge is -2.22. The van der Waals surface area contributed by atoms with Gasteiger partial charge in [0.05, 0.1) is 11.0 Å². The minimum atomic E-state index is -1.07. The van der Waals surface area contributed by atoms with E-state index in [1.807, 2.05) is 0 Å². The van der Waals surface area contributed by atoms with Gasteiger partial charge in [-0.3, -0.25) is 10.1 Å². The molecule has 6 nitrogen and oxygen atoms in total. The highest BCUT2D eigenvalue weighted by Gasteiger charge is 2.21. The van der Waals surface area contributed by atoms with Gasteiger partial charge in [-0.25, -0.2) is 4.79 Å². The van der Waals surface area contributed by atoms with Gasteiger partial charge in [0.15, 0.2) is 5.75 Å². The first-order valence-corrected chi connectivity index (χ1v) is 6.92. The van der Waals surface area contributed by atoms with Crippen molar-refractivity contribution in [1.29, 1.82) is 0 Å². The van der Waals surface area contributed by atoms with Gasteiger partial charge in [-0.1, -0.05) is 6.42 Å². The van der Waals surface area contributed by atoms with E-state index in [1.165, 1.54) is 30.7 Å². The molecule has 6 heteroatoms. The molecule has 1 aromatic rings. The minimum Gasteiger partial charge on any atom is -0.483 e. The lowest BCUT2D eigenvalue weighted by Crippen LogP contribution is -2.20. The number of hydrogen-bond acceptors (Lipinski definition) is 4. The topological polar surface area (TPSA) is 89.7 Å². The predicted octanol–water partition coefficient (Wildman–Crippen LogP) is 3.40. The summed E-state index contributed by atoms with van der Waals surface area (Å²) in [7, 11) is 0. The molecular formula is C15H17NO5. The van der Waals surface area contributed by atoms with E-state index in [4.69, 9.17) is 9.84 Å². The van der Waals surface area contributed by atoms with Gasteiger partial charge in [-0.2, -0.15) is 0 Å². The molecule has 0 radical (unpaired) electrons. The standard InChI is InChI=1S/C15H17NO5/c17-15(18)9-7-11-6-8-13(16(19)20)14(10-11)21-12-4-2-1-3-5-12/h6-10,12H,1-5H2,(H,17,18). The third-order valence-electron chi connectivity index (χ3n) is 3.44. The van der Waals surface area contributed by atoms with Crippen LogP contribution in [0.1, 0.15) is 37.7 Å². The smallest absolute Gasteiger partial charge is 0.328 e. The number of nitrogens with zero attached hydrogens (tertiary/aromatic N) is 1. The Morgan fingerprint density at radius 3 is 2.67 bits per heavy atom. The maximum atomic E-state index is 11.1. The van der Waals surface area contributed by atoms with Gasteiger partial charge in [0.2, 0.25) is 0 Å². The lowest BCUT2D eigenvalue weighted by atomic mass is 9.98. The molecule has 0 aromatic heterocycles. The first kappa shape index (κ1) is 15.0. The quantitative estimate of drug-likeness (QED) is 0.510. The van der Waals surface area contributed by atoms with Crippen LogP contribution in [-0.2, 0) is 4.79 Å². The highest BCUT2D eigenvalue weighted by Crippen LogP contribution is 2.32. The summed E-state index contributed by atoms with van der Waals surface area (Å²) in [5.74, 6) is -0.859. The van der Waals surface area contributed by atoms with E-state index >= 15 is 0 Å². The maximum absolute atomic E-state index is 11.1. The molecule has 1 aliphatic carbocycles. The van der Waals surface area contributed by atoms with Gasteiger partial charge in [0.25, 0.3) is 0 Å². The molecule has 1 aromatic carbocycles. The van der Waals surface area contributed by atoms with E-state index in [0.717, 1.165) is 31.8 Å². The fourth-order valence-corrected chi connectivity index (χ4v) is 2.41. The van der Waals surface area contributed by atoms with Gasteiger partial charge >= 0.3 is 11.7 Å². The van der Waals surface area contributed by atoms with Crippen molar-refractivity contribution in [3.8, 4) is 5.75 Å². The number of carboxylic acids is 1. The number of rotatable bonds is 5. The Balaban J connectivity index is 2.23. The van der Waals surface area contributed by atoms with Crippen molar-refractivity contribution in [3.63, 3.8) is 0 Å². The maximum Gasteiger partial charge on any atom is 0.328 e. The zero-order valence-electron chi connectivity index (χ0n) is 11.5. The van der Waals surface area contributed by atoms with Gasteiger partial charge in [0.1, 0.15) is 0 Å². The summed E-state index contributed by atoms with van der Waals surface area (Å²) < 4.78 is 5.77. The van der Waals surface area contributed by atoms with Gasteiger partial charge in [-0.15, -0.1) is 0 Å². The summed E-state index contributed by atoms with van der Waals surface area (Å²) in [5, 5.41) is 19.7. The molecule has 0 saturated heterocycles. The predicted molar refractivity (Wildman–Crippen MR) is 77.3 cm³/mol. The number of hydrogen-bond donors (Lipinski definition) is 1. The number of carbonyl (C=O) groups is 1. The van der Waals surface area contributed by atoms with Crippen LogP contribution in [0.15, 0.2) is 24.3 Å². The Morgan fingerprint density at radius 1 is 1.33 bits per heavy atom. The summed E-state index contributed by atoms with van der Waals surface area (Å²) in [6.45, 7) is 0. The second-order valence-corrected chi connectivity index (χ2v) is 5.03. The van der Waals surface area contributed by atoms with E-state index in [1.54, 1.807) is 0 Å². The minimum absolute atomic E-state index is 0.00356. The molecular weight excluding hydrogens is 274 g/mol. The van der Waals surface area contributed by atoms with Crippen molar-refractivity contribution < 1.29 is 19.6 Å². The summed E-state index contributed by atoms with van der Waals surface area (Å²) in [6.07, 6.45) is 7.47.